The molecule has 0 heterocycles. The first-order valence-corrected chi connectivity index (χ1v) is 6.95. The summed E-state index contributed by atoms with van der Waals surface area (Å²) in [5.41, 5.74) is -1.16. The van der Waals surface area contributed by atoms with Gasteiger partial charge in [0.05, 0.1) is 12.0 Å². The fraction of sp³-hybridized carbons (Fsp3) is 0.857. The van der Waals surface area contributed by atoms with E-state index in [4.69, 9.17) is 9.84 Å². The lowest BCUT2D eigenvalue weighted by Crippen LogP contribution is -2.56. The Labute approximate surface area is 113 Å². The van der Waals surface area contributed by atoms with Crippen LogP contribution in [0, 0.1) is 11.8 Å². The molecule has 2 N–H and O–H groups in total. The van der Waals surface area contributed by atoms with Gasteiger partial charge >= 0.3 is 12.1 Å². The number of fused-ring (bicyclic) bond motifs is 1. The number of carbonyl (C=O) groups is 2. The number of carboxylic acid groups (broad SMARTS) is 1. The van der Waals surface area contributed by atoms with Crippen LogP contribution < -0.4 is 5.32 Å². The molecular weight excluding hydrogens is 246 g/mol. The normalized spacial score (nSPS) is 33.2. The van der Waals surface area contributed by atoms with Gasteiger partial charge in [-0.15, -0.1) is 0 Å². The second-order valence-corrected chi connectivity index (χ2v) is 6.84. The van der Waals surface area contributed by atoms with Gasteiger partial charge in [-0.1, -0.05) is 0 Å². The quantitative estimate of drug-likeness (QED) is 0.825. The molecule has 0 aromatic rings. The van der Waals surface area contributed by atoms with Gasteiger partial charge in [0.2, 0.25) is 0 Å². The molecule has 19 heavy (non-hydrogen) atoms. The highest BCUT2D eigenvalue weighted by Crippen LogP contribution is 2.53. The van der Waals surface area contributed by atoms with E-state index in [0.717, 1.165) is 25.7 Å². The molecule has 1 amide bonds. The minimum Gasteiger partial charge on any atom is -0.481 e. The summed E-state index contributed by atoms with van der Waals surface area (Å²) in [7, 11) is 0. The van der Waals surface area contributed by atoms with Crippen molar-refractivity contribution in [2.45, 2.75) is 64.0 Å². The first kappa shape index (κ1) is 14.2. The van der Waals surface area contributed by atoms with Gasteiger partial charge in [-0.3, -0.25) is 4.79 Å². The molecule has 2 aliphatic carbocycles. The molecule has 2 saturated carbocycles. The monoisotopic (exact) mass is 269 g/mol. The topological polar surface area (TPSA) is 75.6 Å². The molecule has 2 rings (SSSR count). The largest absolute Gasteiger partial charge is 0.481 e. The van der Waals surface area contributed by atoms with Gasteiger partial charge < -0.3 is 15.2 Å². The zero-order valence-corrected chi connectivity index (χ0v) is 11.9. The van der Waals surface area contributed by atoms with Gasteiger partial charge in [-0.2, -0.15) is 0 Å². The summed E-state index contributed by atoms with van der Waals surface area (Å²) >= 11 is 0. The summed E-state index contributed by atoms with van der Waals surface area (Å²) < 4.78 is 5.27. The highest BCUT2D eigenvalue weighted by molar-refractivity contribution is 5.73. The van der Waals surface area contributed by atoms with Crippen molar-refractivity contribution in [3.05, 3.63) is 0 Å². The number of ether oxygens (including phenoxy) is 1. The van der Waals surface area contributed by atoms with Gasteiger partial charge in [0, 0.05) is 0 Å². The third-order valence-corrected chi connectivity index (χ3v) is 4.31. The summed E-state index contributed by atoms with van der Waals surface area (Å²) in [6.07, 6.45) is 3.41. The molecule has 2 aliphatic rings. The van der Waals surface area contributed by atoms with Crippen LogP contribution in [0.5, 0.6) is 0 Å². The maximum atomic E-state index is 12.0. The SMILES string of the molecule is CC(C)(C)OC(=O)NC1(CC(=O)O)CC[C@H]2CC[C@H]21. The van der Waals surface area contributed by atoms with Crippen molar-refractivity contribution in [2.24, 2.45) is 11.8 Å². The van der Waals surface area contributed by atoms with E-state index < -0.39 is 23.2 Å². The Bertz CT molecular complexity index is 387. The average molecular weight is 269 g/mol. The Morgan fingerprint density at radius 2 is 2.00 bits per heavy atom. The fourth-order valence-corrected chi connectivity index (χ4v) is 3.47. The van der Waals surface area contributed by atoms with Gasteiger partial charge in [0.15, 0.2) is 0 Å². The highest BCUT2D eigenvalue weighted by Gasteiger charge is 2.54. The van der Waals surface area contributed by atoms with Gasteiger partial charge in [-0.05, 0) is 58.3 Å². The van der Waals surface area contributed by atoms with Crippen LogP contribution in [0.1, 0.15) is 52.9 Å². The van der Waals surface area contributed by atoms with Crippen molar-refractivity contribution < 1.29 is 19.4 Å². The highest BCUT2D eigenvalue weighted by atomic mass is 16.6. The summed E-state index contributed by atoms with van der Waals surface area (Å²) in [5.74, 6) is 0.0222. The molecule has 5 heteroatoms. The molecular formula is C14H23NO4. The molecule has 0 aromatic carbocycles. The van der Waals surface area contributed by atoms with E-state index in [0.29, 0.717) is 11.8 Å². The standard InChI is InChI=1S/C14H23NO4/c1-13(2,3)19-12(18)15-14(8-11(16)17)7-6-9-4-5-10(9)14/h9-10H,4-8H2,1-3H3,(H,15,18)(H,16,17)/t9-,10-,14?/m1/s1. The van der Waals surface area contributed by atoms with Crippen LogP contribution in [0.25, 0.3) is 0 Å². The van der Waals surface area contributed by atoms with Crippen LogP contribution in [0.2, 0.25) is 0 Å². The second kappa shape index (κ2) is 4.69. The number of rotatable bonds is 3. The molecule has 2 fully saturated rings. The Morgan fingerprint density at radius 3 is 2.42 bits per heavy atom. The van der Waals surface area contributed by atoms with Crippen LogP contribution in [0.15, 0.2) is 0 Å². The maximum Gasteiger partial charge on any atom is 0.408 e. The van der Waals surface area contributed by atoms with E-state index in [2.05, 4.69) is 5.32 Å². The summed E-state index contributed by atoms with van der Waals surface area (Å²) in [6, 6.07) is 0. The smallest absolute Gasteiger partial charge is 0.408 e. The second-order valence-electron chi connectivity index (χ2n) is 6.84. The van der Waals surface area contributed by atoms with E-state index in [1.165, 1.54) is 0 Å². The number of nitrogens with one attached hydrogen (secondary N) is 1. The predicted octanol–water partition coefficient (Wildman–Crippen LogP) is 2.54. The summed E-state index contributed by atoms with van der Waals surface area (Å²) in [6.45, 7) is 5.41. The van der Waals surface area contributed by atoms with Crippen molar-refractivity contribution in [1.29, 1.82) is 0 Å². The lowest BCUT2D eigenvalue weighted by molar-refractivity contribution is -0.139. The van der Waals surface area contributed by atoms with Crippen molar-refractivity contribution >= 4 is 12.1 Å². The van der Waals surface area contributed by atoms with Crippen LogP contribution >= 0.6 is 0 Å². The summed E-state index contributed by atoms with van der Waals surface area (Å²) in [4.78, 5) is 23.1. The van der Waals surface area contributed by atoms with E-state index in [-0.39, 0.29) is 6.42 Å². The molecule has 0 aliphatic heterocycles. The number of carboxylic acids is 1. The molecule has 0 aromatic heterocycles. The molecule has 1 unspecified atom stereocenters. The minimum absolute atomic E-state index is 0.00654. The van der Waals surface area contributed by atoms with E-state index in [9.17, 15) is 9.59 Å². The predicted molar refractivity (Wildman–Crippen MR) is 69.8 cm³/mol. The average Bonchev–Trinajstić information content (AvgIpc) is 2.30. The Kier molecular flexibility index (Phi) is 3.49. The third-order valence-electron chi connectivity index (χ3n) is 4.31. The number of carbonyl (C=O) groups excluding carboxylic acids is 1. The van der Waals surface area contributed by atoms with E-state index >= 15 is 0 Å². The molecule has 0 radical (unpaired) electrons. The molecule has 0 spiro atoms. The van der Waals surface area contributed by atoms with Crippen molar-refractivity contribution in [2.75, 3.05) is 0 Å². The van der Waals surface area contributed by atoms with Gasteiger partial charge in [0.1, 0.15) is 5.60 Å². The zero-order valence-electron chi connectivity index (χ0n) is 11.9. The van der Waals surface area contributed by atoms with E-state index in [1.54, 1.807) is 20.8 Å². The molecule has 3 atom stereocenters. The molecule has 5 nitrogen and oxygen atoms in total. The summed E-state index contributed by atoms with van der Waals surface area (Å²) in [5, 5.41) is 12.0. The molecule has 108 valence electrons. The van der Waals surface area contributed by atoms with Crippen molar-refractivity contribution in [3.8, 4) is 0 Å². The van der Waals surface area contributed by atoms with Crippen LogP contribution in [-0.4, -0.2) is 28.3 Å². The Balaban J connectivity index is 2.07. The van der Waals surface area contributed by atoms with Crippen LogP contribution in [0.4, 0.5) is 4.79 Å². The van der Waals surface area contributed by atoms with Crippen molar-refractivity contribution in [3.63, 3.8) is 0 Å². The third kappa shape index (κ3) is 3.01. The maximum absolute atomic E-state index is 12.0. The first-order valence-electron chi connectivity index (χ1n) is 6.95. The van der Waals surface area contributed by atoms with Crippen LogP contribution in [0.3, 0.4) is 0 Å². The van der Waals surface area contributed by atoms with Gasteiger partial charge in [-0.25, -0.2) is 4.79 Å². The zero-order chi connectivity index (χ0) is 14.3. The van der Waals surface area contributed by atoms with E-state index in [1.807, 2.05) is 0 Å². The lowest BCUT2D eigenvalue weighted by atomic mass is 9.68. The Morgan fingerprint density at radius 1 is 1.32 bits per heavy atom. The van der Waals surface area contributed by atoms with Gasteiger partial charge in [0.25, 0.3) is 0 Å². The Hall–Kier alpha value is -1.26. The fourth-order valence-electron chi connectivity index (χ4n) is 3.47. The number of hydrogen-bond acceptors (Lipinski definition) is 3. The number of hydrogen-bond donors (Lipinski definition) is 2. The molecule has 0 bridgehead atoms. The molecule has 0 saturated heterocycles. The number of alkyl carbamates (subject to hydrolysis) is 1. The minimum atomic E-state index is -0.858. The van der Waals surface area contributed by atoms with Crippen molar-refractivity contribution in [1.82, 2.24) is 5.32 Å². The first-order chi connectivity index (χ1) is 8.72. The number of aliphatic carboxylic acids is 1. The number of amides is 1. The van der Waals surface area contributed by atoms with Crippen LogP contribution in [-0.2, 0) is 9.53 Å². The lowest BCUT2D eigenvalue weighted by Gasteiger charge is -2.43.